The van der Waals surface area contributed by atoms with E-state index in [-0.39, 0.29) is 5.91 Å². The summed E-state index contributed by atoms with van der Waals surface area (Å²) in [6.45, 7) is 3.42. The number of nitrogens with zero attached hydrogens (tertiary/aromatic N) is 4. The lowest BCUT2D eigenvalue weighted by Gasteiger charge is -2.29. The van der Waals surface area contributed by atoms with Crippen LogP contribution < -0.4 is 5.32 Å². The molecule has 100 valence electrons. The number of carbonyl (C=O) groups is 1. The van der Waals surface area contributed by atoms with Gasteiger partial charge in [0.1, 0.15) is 18.7 Å². The maximum atomic E-state index is 12.2. The third-order valence-electron chi connectivity index (χ3n) is 3.32. The summed E-state index contributed by atoms with van der Waals surface area (Å²) in [6.07, 6.45) is 3.59. The number of hydrogen-bond donors (Lipinski definition) is 2. The Morgan fingerprint density at radius 1 is 1.72 bits per heavy atom. The average Bonchev–Trinajstić information content (AvgIpc) is 2.98. The van der Waals surface area contributed by atoms with Crippen molar-refractivity contribution in [1.82, 2.24) is 25.0 Å². The molecule has 1 aliphatic rings. The third kappa shape index (κ3) is 2.68. The molecule has 1 aromatic rings. The molecule has 18 heavy (non-hydrogen) atoms. The number of hydrogen-bond acceptors (Lipinski definition) is 5. The fourth-order valence-electron chi connectivity index (χ4n) is 2.23. The Labute approximate surface area is 106 Å². The third-order valence-corrected chi connectivity index (χ3v) is 3.32. The van der Waals surface area contributed by atoms with Crippen LogP contribution in [0.5, 0.6) is 0 Å². The zero-order chi connectivity index (χ0) is 13.2. The summed E-state index contributed by atoms with van der Waals surface area (Å²) in [5, 5.41) is 17.3. The first-order chi connectivity index (χ1) is 8.52. The van der Waals surface area contributed by atoms with E-state index in [1.54, 1.807) is 18.9 Å². The fourth-order valence-corrected chi connectivity index (χ4v) is 2.23. The van der Waals surface area contributed by atoms with E-state index in [1.165, 1.54) is 17.3 Å². The highest BCUT2D eigenvalue weighted by atomic mass is 16.3. The van der Waals surface area contributed by atoms with Crippen LogP contribution in [-0.2, 0) is 4.79 Å². The zero-order valence-corrected chi connectivity index (χ0v) is 10.7. The molecule has 2 rings (SSSR count). The van der Waals surface area contributed by atoms with Crippen LogP contribution in [0.2, 0.25) is 0 Å². The van der Waals surface area contributed by atoms with E-state index >= 15 is 0 Å². The van der Waals surface area contributed by atoms with Crippen LogP contribution >= 0.6 is 0 Å². The van der Waals surface area contributed by atoms with Gasteiger partial charge in [0.25, 0.3) is 0 Å². The smallest absolute Gasteiger partial charge is 0.247 e. The number of rotatable bonds is 4. The molecule has 0 aromatic carbocycles. The highest BCUT2D eigenvalue weighted by Gasteiger charge is 2.34. The van der Waals surface area contributed by atoms with E-state index < -0.39 is 11.6 Å². The van der Waals surface area contributed by atoms with Crippen LogP contribution in [-0.4, -0.2) is 63.0 Å². The SMILES string of the molecule is CC(C(=O)N(C)CC1(O)CCNC1)n1cncn1. The van der Waals surface area contributed by atoms with Gasteiger partial charge in [-0.05, 0) is 19.9 Å². The van der Waals surface area contributed by atoms with Crippen molar-refractivity contribution in [3.05, 3.63) is 12.7 Å². The van der Waals surface area contributed by atoms with Gasteiger partial charge in [-0.1, -0.05) is 0 Å². The molecule has 1 fully saturated rings. The van der Waals surface area contributed by atoms with Gasteiger partial charge in [-0.15, -0.1) is 0 Å². The zero-order valence-electron chi connectivity index (χ0n) is 10.7. The van der Waals surface area contributed by atoms with Crippen LogP contribution in [0.1, 0.15) is 19.4 Å². The van der Waals surface area contributed by atoms with Gasteiger partial charge in [-0.25, -0.2) is 9.67 Å². The number of likely N-dealkylation sites (N-methyl/N-ethyl adjacent to an activating group) is 1. The van der Waals surface area contributed by atoms with E-state index in [0.29, 0.717) is 19.5 Å². The van der Waals surface area contributed by atoms with Crippen LogP contribution in [0.3, 0.4) is 0 Å². The molecule has 1 amide bonds. The predicted molar refractivity (Wildman–Crippen MR) is 64.8 cm³/mol. The van der Waals surface area contributed by atoms with Gasteiger partial charge in [-0.2, -0.15) is 5.10 Å². The first kappa shape index (κ1) is 13.0. The highest BCUT2D eigenvalue weighted by Crippen LogP contribution is 2.17. The monoisotopic (exact) mass is 253 g/mol. The van der Waals surface area contributed by atoms with Gasteiger partial charge >= 0.3 is 0 Å². The Morgan fingerprint density at radius 3 is 3.06 bits per heavy atom. The van der Waals surface area contributed by atoms with Gasteiger partial charge in [-0.3, -0.25) is 4.79 Å². The highest BCUT2D eigenvalue weighted by molar-refractivity contribution is 5.79. The maximum Gasteiger partial charge on any atom is 0.247 e. The van der Waals surface area contributed by atoms with Crippen molar-refractivity contribution in [3.63, 3.8) is 0 Å². The van der Waals surface area contributed by atoms with Crippen molar-refractivity contribution >= 4 is 5.91 Å². The lowest BCUT2D eigenvalue weighted by atomic mass is 10.0. The summed E-state index contributed by atoms with van der Waals surface area (Å²) < 4.78 is 1.51. The Hall–Kier alpha value is -1.47. The lowest BCUT2D eigenvalue weighted by Crippen LogP contribution is -2.46. The van der Waals surface area contributed by atoms with E-state index in [0.717, 1.165) is 6.54 Å². The topological polar surface area (TPSA) is 83.3 Å². The molecule has 2 heterocycles. The van der Waals surface area contributed by atoms with Crippen molar-refractivity contribution in [1.29, 1.82) is 0 Å². The number of amides is 1. The number of β-amino-alcohol motifs (C(OH)–C–C–N with tert-alkyl or cyclic N) is 1. The molecule has 1 aromatic heterocycles. The molecule has 0 saturated carbocycles. The second-order valence-electron chi connectivity index (χ2n) is 4.90. The largest absolute Gasteiger partial charge is 0.387 e. The predicted octanol–water partition coefficient (Wildman–Crippen LogP) is -0.978. The average molecular weight is 253 g/mol. The van der Waals surface area contributed by atoms with Crippen LogP contribution in [0.4, 0.5) is 0 Å². The van der Waals surface area contributed by atoms with Crippen molar-refractivity contribution in [3.8, 4) is 0 Å². The molecule has 2 unspecified atom stereocenters. The minimum absolute atomic E-state index is 0.0826. The standard InChI is InChI=1S/C11H19N5O2/c1-9(16-8-13-7-14-16)10(17)15(2)6-11(18)3-4-12-5-11/h7-9,12,18H,3-6H2,1-2H3. The van der Waals surface area contributed by atoms with E-state index in [1.807, 2.05) is 0 Å². The summed E-state index contributed by atoms with van der Waals surface area (Å²) in [7, 11) is 1.70. The minimum Gasteiger partial charge on any atom is -0.387 e. The van der Waals surface area contributed by atoms with E-state index in [9.17, 15) is 9.90 Å². The van der Waals surface area contributed by atoms with Crippen molar-refractivity contribution in [2.75, 3.05) is 26.7 Å². The van der Waals surface area contributed by atoms with Gasteiger partial charge < -0.3 is 15.3 Å². The molecular weight excluding hydrogens is 234 g/mol. The molecule has 1 saturated heterocycles. The molecule has 7 nitrogen and oxygen atoms in total. The summed E-state index contributed by atoms with van der Waals surface area (Å²) >= 11 is 0. The first-order valence-electron chi connectivity index (χ1n) is 6.04. The molecule has 0 bridgehead atoms. The van der Waals surface area contributed by atoms with Crippen LogP contribution in [0.25, 0.3) is 0 Å². The van der Waals surface area contributed by atoms with Gasteiger partial charge in [0.05, 0.1) is 12.1 Å². The molecule has 0 aliphatic carbocycles. The molecular formula is C11H19N5O2. The van der Waals surface area contributed by atoms with E-state index in [4.69, 9.17) is 0 Å². The molecule has 7 heteroatoms. The van der Waals surface area contributed by atoms with Crippen LogP contribution in [0, 0.1) is 0 Å². The summed E-state index contributed by atoms with van der Waals surface area (Å²) in [4.78, 5) is 17.6. The number of carbonyl (C=O) groups excluding carboxylic acids is 1. The van der Waals surface area contributed by atoms with Gasteiger partial charge in [0, 0.05) is 13.6 Å². The summed E-state index contributed by atoms with van der Waals surface area (Å²) in [6, 6.07) is -0.407. The fraction of sp³-hybridized carbons (Fsp3) is 0.727. The summed E-state index contributed by atoms with van der Waals surface area (Å²) in [5.74, 6) is -0.0826. The number of nitrogens with one attached hydrogen (secondary N) is 1. The Bertz CT molecular complexity index is 400. The quantitative estimate of drug-likeness (QED) is 0.721. The Morgan fingerprint density at radius 2 is 2.50 bits per heavy atom. The van der Waals surface area contributed by atoms with E-state index in [2.05, 4.69) is 15.4 Å². The van der Waals surface area contributed by atoms with Gasteiger partial charge in [0.15, 0.2) is 0 Å². The Kier molecular flexibility index (Phi) is 3.63. The number of aromatic nitrogens is 3. The first-order valence-corrected chi connectivity index (χ1v) is 6.04. The normalized spacial score (nSPS) is 25.1. The van der Waals surface area contributed by atoms with Crippen molar-refractivity contribution in [2.45, 2.75) is 25.0 Å². The molecule has 0 spiro atoms. The lowest BCUT2D eigenvalue weighted by molar-refractivity contribution is -0.136. The second kappa shape index (κ2) is 5.03. The van der Waals surface area contributed by atoms with Crippen molar-refractivity contribution < 1.29 is 9.90 Å². The molecule has 0 radical (unpaired) electrons. The van der Waals surface area contributed by atoms with Crippen molar-refractivity contribution in [2.24, 2.45) is 0 Å². The molecule has 1 aliphatic heterocycles. The molecule has 2 atom stereocenters. The maximum absolute atomic E-state index is 12.2. The van der Waals surface area contributed by atoms with Gasteiger partial charge in [0.2, 0.25) is 5.91 Å². The summed E-state index contributed by atoms with van der Waals surface area (Å²) in [5.41, 5.74) is -0.813. The number of aliphatic hydroxyl groups is 1. The molecule has 2 N–H and O–H groups in total. The van der Waals surface area contributed by atoms with Crippen LogP contribution in [0.15, 0.2) is 12.7 Å². The minimum atomic E-state index is -0.813. The second-order valence-corrected chi connectivity index (χ2v) is 4.90. The Balaban J connectivity index is 1.96.